The number of nitrogens with zero attached hydrogens (tertiary/aromatic N) is 3. The molecule has 25 heavy (non-hydrogen) atoms. The molecule has 0 radical (unpaired) electrons. The van der Waals surface area contributed by atoms with Crippen LogP contribution in [0.3, 0.4) is 0 Å². The van der Waals surface area contributed by atoms with E-state index in [0.717, 1.165) is 12.2 Å². The highest BCUT2D eigenvalue weighted by molar-refractivity contribution is 5.91. The summed E-state index contributed by atoms with van der Waals surface area (Å²) in [6.07, 6.45) is 5.17. The standard InChI is InChI=1S/C17H18N4O4/c1-12-2-4-15(25-12)5-7-17(22)20-9-8-13(11-20)19-16-6-3-14(10-18-16)21(23)24/h2-7,10,13H,8-9,11H2,1H3,(H,18,19)/b7-5+/t13-/m0/s1. The SMILES string of the molecule is Cc1ccc(/C=C/C(=O)N2CC[C@H](Nc3ccc([N+](=O)[O-])cn3)C2)o1. The summed E-state index contributed by atoms with van der Waals surface area (Å²) >= 11 is 0. The van der Waals surface area contributed by atoms with Gasteiger partial charge in [0.05, 0.1) is 4.92 Å². The molecule has 130 valence electrons. The Balaban J connectivity index is 1.53. The molecule has 1 fully saturated rings. The van der Waals surface area contributed by atoms with Crippen molar-refractivity contribution in [3.63, 3.8) is 0 Å². The van der Waals surface area contributed by atoms with E-state index >= 15 is 0 Å². The Hall–Kier alpha value is -3.16. The Morgan fingerprint density at radius 2 is 2.28 bits per heavy atom. The minimum absolute atomic E-state index is 0.0490. The number of nitrogens with one attached hydrogen (secondary N) is 1. The normalized spacial score (nSPS) is 17.2. The molecule has 1 N–H and O–H groups in total. The molecule has 0 saturated carbocycles. The first-order valence-corrected chi connectivity index (χ1v) is 7.91. The number of amides is 1. The lowest BCUT2D eigenvalue weighted by Crippen LogP contribution is -2.30. The van der Waals surface area contributed by atoms with Gasteiger partial charge in [0.1, 0.15) is 23.5 Å². The fourth-order valence-electron chi connectivity index (χ4n) is 2.67. The van der Waals surface area contributed by atoms with Gasteiger partial charge in [-0.3, -0.25) is 14.9 Å². The molecular formula is C17H18N4O4. The van der Waals surface area contributed by atoms with Crippen molar-refractivity contribution in [1.82, 2.24) is 9.88 Å². The maximum atomic E-state index is 12.2. The number of hydrogen-bond donors (Lipinski definition) is 1. The predicted octanol–water partition coefficient (Wildman–Crippen LogP) is 2.62. The first kappa shape index (κ1) is 16.7. The molecule has 1 atom stereocenters. The summed E-state index contributed by atoms with van der Waals surface area (Å²) in [6, 6.07) is 6.70. The molecule has 0 bridgehead atoms. The summed E-state index contributed by atoms with van der Waals surface area (Å²) in [5, 5.41) is 13.8. The third-order valence-electron chi connectivity index (χ3n) is 3.96. The molecule has 0 spiro atoms. The minimum Gasteiger partial charge on any atom is -0.462 e. The van der Waals surface area contributed by atoms with Gasteiger partial charge in [-0.25, -0.2) is 4.98 Å². The van der Waals surface area contributed by atoms with Gasteiger partial charge in [0.2, 0.25) is 5.91 Å². The molecule has 3 rings (SSSR count). The molecule has 2 aromatic rings. The van der Waals surface area contributed by atoms with Crippen LogP contribution in [0.25, 0.3) is 6.08 Å². The van der Waals surface area contributed by atoms with Gasteiger partial charge in [-0.05, 0) is 37.6 Å². The lowest BCUT2D eigenvalue weighted by atomic mass is 10.2. The van der Waals surface area contributed by atoms with Gasteiger partial charge in [0.15, 0.2) is 0 Å². The van der Waals surface area contributed by atoms with E-state index in [-0.39, 0.29) is 17.6 Å². The Labute approximate surface area is 144 Å². The van der Waals surface area contributed by atoms with Crippen LogP contribution < -0.4 is 5.32 Å². The number of carbonyl (C=O) groups excluding carboxylic acids is 1. The van der Waals surface area contributed by atoms with Gasteiger partial charge in [0, 0.05) is 31.3 Å². The van der Waals surface area contributed by atoms with Crippen molar-refractivity contribution in [3.05, 3.63) is 58.2 Å². The van der Waals surface area contributed by atoms with Crippen LogP contribution in [-0.2, 0) is 4.79 Å². The smallest absolute Gasteiger partial charge is 0.287 e. The van der Waals surface area contributed by atoms with Gasteiger partial charge in [-0.15, -0.1) is 0 Å². The Morgan fingerprint density at radius 3 is 2.92 bits per heavy atom. The summed E-state index contributed by atoms with van der Waals surface area (Å²) in [7, 11) is 0. The number of anilines is 1. The van der Waals surface area contributed by atoms with Crippen molar-refractivity contribution in [3.8, 4) is 0 Å². The van der Waals surface area contributed by atoms with Crippen molar-refractivity contribution in [1.29, 1.82) is 0 Å². The molecule has 3 heterocycles. The second kappa shape index (κ2) is 7.16. The Morgan fingerprint density at radius 1 is 1.44 bits per heavy atom. The second-order valence-corrected chi connectivity index (χ2v) is 5.85. The van der Waals surface area contributed by atoms with Crippen LogP contribution in [0, 0.1) is 17.0 Å². The topological polar surface area (TPSA) is 102 Å². The average molecular weight is 342 g/mol. The van der Waals surface area contributed by atoms with Crippen LogP contribution in [0.2, 0.25) is 0 Å². The minimum atomic E-state index is -0.487. The lowest BCUT2D eigenvalue weighted by Gasteiger charge is -2.15. The van der Waals surface area contributed by atoms with Crippen LogP contribution in [0.15, 0.2) is 41.0 Å². The van der Waals surface area contributed by atoms with E-state index in [0.29, 0.717) is 24.7 Å². The second-order valence-electron chi connectivity index (χ2n) is 5.85. The van der Waals surface area contributed by atoms with Gasteiger partial charge in [0.25, 0.3) is 5.69 Å². The zero-order valence-corrected chi connectivity index (χ0v) is 13.7. The Kier molecular flexibility index (Phi) is 4.78. The van der Waals surface area contributed by atoms with Gasteiger partial charge in [-0.2, -0.15) is 0 Å². The van der Waals surface area contributed by atoms with Crippen LogP contribution in [-0.4, -0.2) is 39.8 Å². The number of carbonyl (C=O) groups is 1. The highest BCUT2D eigenvalue weighted by Gasteiger charge is 2.25. The fourth-order valence-corrected chi connectivity index (χ4v) is 2.67. The summed E-state index contributed by atoms with van der Waals surface area (Å²) in [5.74, 6) is 1.93. The van der Waals surface area contributed by atoms with E-state index in [1.807, 2.05) is 19.1 Å². The molecule has 1 saturated heterocycles. The number of hydrogen-bond acceptors (Lipinski definition) is 6. The van der Waals surface area contributed by atoms with Gasteiger partial charge < -0.3 is 14.6 Å². The first-order valence-electron chi connectivity index (χ1n) is 7.91. The number of aryl methyl sites for hydroxylation is 1. The quantitative estimate of drug-likeness (QED) is 0.509. The maximum Gasteiger partial charge on any atom is 0.287 e. The summed E-state index contributed by atoms with van der Waals surface area (Å²) < 4.78 is 5.40. The number of furan rings is 1. The van der Waals surface area contributed by atoms with E-state index in [2.05, 4.69) is 10.3 Å². The molecular weight excluding hydrogens is 324 g/mol. The van der Waals surface area contributed by atoms with Crippen molar-refractivity contribution in [2.75, 3.05) is 18.4 Å². The van der Waals surface area contributed by atoms with E-state index in [9.17, 15) is 14.9 Å². The van der Waals surface area contributed by atoms with E-state index in [1.165, 1.54) is 18.3 Å². The van der Waals surface area contributed by atoms with E-state index in [1.54, 1.807) is 17.0 Å². The zero-order chi connectivity index (χ0) is 17.8. The van der Waals surface area contributed by atoms with Gasteiger partial charge in [-0.1, -0.05) is 0 Å². The molecule has 2 aromatic heterocycles. The van der Waals surface area contributed by atoms with Crippen LogP contribution >= 0.6 is 0 Å². The number of rotatable bonds is 5. The Bertz CT molecular complexity index is 797. The lowest BCUT2D eigenvalue weighted by molar-refractivity contribution is -0.385. The molecule has 8 nitrogen and oxygen atoms in total. The maximum absolute atomic E-state index is 12.2. The average Bonchev–Trinajstić information content (AvgIpc) is 3.22. The largest absolute Gasteiger partial charge is 0.462 e. The van der Waals surface area contributed by atoms with Crippen LogP contribution in [0.5, 0.6) is 0 Å². The number of nitro groups is 1. The van der Waals surface area contributed by atoms with Crippen LogP contribution in [0.4, 0.5) is 11.5 Å². The number of aromatic nitrogens is 1. The molecule has 1 aliphatic rings. The predicted molar refractivity (Wildman–Crippen MR) is 92.0 cm³/mol. The number of likely N-dealkylation sites (tertiary alicyclic amines) is 1. The summed E-state index contributed by atoms with van der Waals surface area (Å²) in [5.41, 5.74) is -0.0490. The highest BCUT2D eigenvalue weighted by Crippen LogP contribution is 2.17. The van der Waals surface area contributed by atoms with Crippen molar-refractivity contribution in [2.24, 2.45) is 0 Å². The van der Waals surface area contributed by atoms with Crippen LogP contribution in [0.1, 0.15) is 17.9 Å². The third-order valence-corrected chi connectivity index (χ3v) is 3.96. The first-order chi connectivity index (χ1) is 12.0. The van der Waals surface area contributed by atoms with Crippen molar-refractivity contribution < 1.29 is 14.1 Å². The fraction of sp³-hybridized carbons (Fsp3) is 0.294. The summed E-state index contributed by atoms with van der Waals surface area (Å²) in [6.45, 7) is 3.05. The zero-order valence-electron chi connectivity index (χ0n) is 13.7. The summed E-state index contributed by atoms with van der Waals surface area (Å²) in [4.78, 5) is 28.1. The van der Waals surface area contributed by atoms with Gasteiger partial charge >= 0.3 is 0 Å². The van der Waals surface area contributed by atoms with Crippen molar-refractivity contribution in [2.45, 2.75) is 19.4 Å². The monoisotopic (exact) mass is 342 g/mol. The molecule has 0 aromatic carbocycles. The molecule has 0 aliphatic carbocycles. The third kappa shape index (κ3) is 4.23. The van der Waals surface area contributed by atoms with E-state index in [4.69, 9.17) is 4.42 Å². The molecule has 8 heteroatoms. The van der Waals surface area contributed by atoms with Crippen molar-refractivity contribution >= 4 is 23.5 Å². The molecule has 0 unspecified atom stereocenters. The molecule has 1 amide bonds. The number of pyridine rings is 1. The molecule has 1 aliphatic heterocycles. The van der Waals surface area contributed by atoms with E-state index < -0.39 is 4.92 Å². The highest BCUT2D eigenvalue weighted by atomic mass is 16.6.